The fourth-order valence-corrected chi connectivity index (χ4v) is 14.2. The number of hydrogen-bond acceptors (Lipinski definition) is 33. The van der Waals surface area contributed by atoms with Crippen molar-refractivity contribution in [3.8, 4) is 0 Å². The first kappa shape index (κ1) is 83.7. The van der Waals surface area contributed by atoms with Gasteiger partial charge < -0.3 is 125 Å². The van der Waals surface area contributed by atoms with Crippen molar-refractivity contribution in [2.75, 3.05) is 55.5 Å². The van der Waals surface area contributed by atoms with Crippen molar-refractivity contribution in [1.29, 1.82) is 0 Å². The smallest absolute Gasteiger partial charge is 0.364 e. The van der Waals surface area contributed by atoms with Crippen molar-refractivity contribution >= 4 is 77.3 Å². The Bertz CT molecular complexity index is 4330. The summed E-state index contributed by atoms with van der Waals surface area (Å²) in [4.78, 5) is 96.7. The number of aromatic amines is 1. The third kappa shape index (κ3) is 19.8. The van der Waals surface area contributed by atoms with Crippen LogP contribution in [-0.2, 0) is 67.7 Å². The summed E-state index contributed by atoms with van der Waals surface area (Å²) in [7, 11) is -9.80. The Hall–Kier alpha value is -7.38. The number of hydrogen-bond donors (Lipinski definition) is 19. The van der Waals surface area contributed by atoms with Crippen LogP contribution in [0.5, 0.6) is 0 Å². The lowest BCUT2D eigenvalue weighted by Crippen LogP contribution is -2.70. The zero-order valence-electron chi connectivity index (χ0n) is 57.3. The number of ketones is 1. The summed E-state index contributed by atoms with van der Waals surface area (Å²) in [5, 5.41) is 140. The van der Waals surface area contributed by atoms with Gasteiger partial charge in [0.25, 0.3) is 48.7 Å². The van der Waals surface area contributed by atoms with Gasteiger partial charge in [0.05, 0.1) is 49.2 Å². The summed E-state index contributed by atoms with van der Waals surface area (Å²) in [5.74, 6) is -8.26. The molecule has 4 aliphatic rings. The molecule has 0 spiro atoms. The van der Waals surface area contributed by atoms with Gasteiger partial charge in [-0.05, 0) is 74.0 Å². The highest BCUT2D eigenvalue weighted by atomic mass is 32.2. The number of nitrogens with one attached hydrogen (secondary N) is 5. The molecule has 9 rings (SSSR count). The fraction of sp³-hybridized carbons (Fsp3) is 0.576. The van der Waals surface area contributed by atoms with Gasteiger partial charge in [0.1, 0.15) is 107 Å². The highest BCUT2D eigenvalue weighted by molar-refractivity contribution is 7.86. The SMILES string of the molecule is Cc1cc(C(=O)NC2C(OCCCCCCCCC(=O)CCCNc3c(Nc4cccc(C(=O)Nc5cc(S(=O)(=O)O)cc6cccc(S(=O)(=O)O)c56)c4)c(=O)c3=O)OC(CO)C(OC3OC(CO)C(O)C(OC4(C(=O)O)CC(O)C(C)C([C@H](O)[C@H](O)CO)O4)C3O)C2OC2OCC(O)C(O)C2O)nc(=O)[nH]1. The number of carboxylic acid groups (broad SMARTS) is 1. The van der Waals surface area contributed by atoms with Crippen LogP contribution in [0, 0.1) is 12.8 Å². The van der Waals surface area contributed by atoms with Crippen LogP contribution in [0.15, 0.2) is 84.8 Å². The van der Waals surface area contributed by atoms with Gasteiger partial charge in [-0.25, -0.2) is 9.59 Å². The van der Waals surface area contributed by atoms with E-state index >= 15 is 0 Å². The molecule has 4 aliphatic heterocycles. The highest BCUT2D eigenvalue weighted by Gasteiger charge is 2.60. The van der Waals surface area contributed by atoms with Crippen molar-refractivity contribution in [1.82, 2.24) is 15.3 Å². The summed E-state index contributed by atoms with van der Waals surface area (Å²) < 4.78 is 116. The number of aliphatic hydroxyl groups excluding tert-OH is 11. The second-order valence-corrected chi connectivity index (χ2v) is 29.2. The molecule has 5 heterocycles. The van der Waals surface area contributed by atoms with Gasteiger partial charge in [-0.1, -0.05) is 50.8 Å². The monoisotopic (exact) mass is 1550 g/mol. The number of carboxylic acids is 1. The topological polar surface area (TPSA) is 622 Å². The molecule has 1 aromatic heterocycles. The summed E-state index contributed by atoms with van der Waals surface area (Å²) in [6.45, 7) is -1.06. The lowest BCUT2D eigenvalue weighted by Gasteiger charge is -2.51. The second kappa shape index (κ2) is 36.0. The largest absolute Gasteiger partial charge is 0.477 e. The predicted molar refractivity (Wildman–Crippen MR) is 364 cm³/mol. The Morgan fingerprint density at radius 3 is 2.06 bits per heavy atom. The average molecular weight is 1560 g/mol. The second-order valence-electron chi connectivity index (χ2n) is 26.4. The van der Waals surface area contributed by atoms with Crippen molar-refractivity contribution < 1.29 is 144 Å². The van der Waals surface area contributed by atoms with E-state index in [1.807, 2.05) is 0 Å². The number of Topliss-reactive ketones (excluding diaryl/α,β-unsaturated/α-hetero) is 1. The van der Waals surface area contributed by atoms with Gasteiger partial charge in [0, 0.05) is 60.7 Å². The molecule has 20 atom stereocenters. The molecule has 39 nitrogen and oxygen atoms in total. The number of anilines is 4. The minimum Gasteiger partial charge on any atom is -0.477 e. The number of H-pyrrole nitrogens is 1. The van der Waals surface area contributed by atoms with E-state index in [4.69, 9.17) is 37.9 Å². The number of benzene rings is 3. The molecule has 0 saturated carbocycles. The number of aryl methyl sites for hydroxylation is 1. The summed E-state index contributed by atoms with van der Waals surface area (Å²) in [6, 6.07) is 10.2. The minimum atomic E-state index is -4.92. The molecule has 4 aromatic carbocycles. The van der Waals surface area contributed by atoms with E-state index in [2.05, 4.69) is 31.2 Å². The zero-order valence-corrected chi connectivity index (χ0v) is 59.0. The zero-order chi connectivity index (χ0) is 78.1. The number of carbonyl (C=O) groups is 4. The molecular weight excluding hydrogens is 1470 g/mol. The first-order valence-corrected chi connectivity index (χ1v) is 36.9. The van der Waals surface area contributed by atoms with Crippen molar-refractivity contribution in [2.24, 2.45) is 5.92 Å². The molecule has 4 fully saturated rings. The first-order chi connectivity index (χ1) is 50.6. The molecule has 107 heavy (non-hydrogen) atoms. The van der Waals surface area contributed by atoms with Crippen LogP contribution in [0.4, 0.5) is 22.7 Å². The lowest BCUT2D eigenvalue weighted by molar-refractivity contribution is -0.391. The van der Waals surface area contributed by atoms with Gasteiger partial charge in [-0.15, -0.1) is 0 Å². The molecule has 41 heteroatoms. The van der Waals surface area contributed by atoms with Crippen LogP contribution in [0.1, 0.15) is 97.7 Å². The van der Waals surface area contributed by atoms with E-state index in [9.17, 15) is 121 Å². The molecule has 19 N–H and O–H groups in total. The Labute approximate surface area is 608 Å². The van der Waals surface area contributed by atoms with Crippen LogP contribution in [-0.4, -0.2) is 276 Å². The number of rotatable bonds is 35. The summed E-state index contributed by atoms with van der Waals surface area (Å²) >= 11 is 0. The number of aliphatic carboxylic acids is 1. The van der Waals surface area contributed by atoms with E-state index in [0.29, 0.717) is 38.5 Å². The number of aromatic nitrogens is 2. The van der Waals surface area contributed by atoms with Gasteiger partial charge in [-0.3, -0.25) is 33.1 Å². The molecule has 590 valence electrons. The molecule has 0 aliphatic carbocycles. The molecule has 0 radical (unpaired) electrons. The van der Waals surface area contributed by atoms with Crippen LogP contribution in [0.25, 0.3) is 10.8 Å². The standard InChI is InChI=1S/C66H86N6O33S2/c1-29-20-37(71-65(91)68-29)60(88)72-47-57(103-62-53(85)48(80)40(79)28-99-62)56(102-63-54(86)58(50(82)41(26-74)100-63)105-66(64(89)90)24-38(77)30(2)55(104-66)49(81)39(78)25-73)42(27-75)101-61(47)98-19-8-6-4-3-5-7-15-34(76)16-11-18-67-45-46(52(84)51(45)83)69-33-14-9-13-32(21-33)59(87)70-36-23-35(106(92,93)94)22-31-12-10-17-43(44(31)36)107(95,96)97/h9-10,12-14,17,20-23,30,38-42,47-50,53-58,61-63,67,69,73-75,77-82,85-86H,3-8,11,15-16,18-19,24-28H2,1-2H3,(H,70,87)(H,72,88)(H,89,90)(H,68,71,91)(H,92,93,94)(H,95,96,97)/t30?,38?,39-,40?,41?,42?,47?,48?,49-,50?,53?,54?,55?,56?,57?,58?,61?,62?,63?,66?/m1/s1. The lowest BCUT2D eigenvalue weighted by atomic mass is 9.84. The van der Waals surface area contributed by atoms with Gasteiger partial charge in [0.15, 0.2) is 18.9 Å². The normalized spacial score (nSPS) is 29.1. The maximum Gasteiger partial charge on any atom is 0.364 e. The number of unbranched alkanes of at least 4 members (excludes halogenated alkanes) is 5. The Kier molecular flexibility index (Phi) is 28.1. The highest BCUT2D eigenvalue weighted by Crippen LogP contribution is 2.42. The number of ether oxygens (including phenoxy) is 8. The molecule has 2 amide bonds. The molecule has 4 saturated heterocycles. The maximum atomic E-state index is 14.2. The molecule has 0 bridgehead atoms. The van der Waals surface area contributed by atoms with E-state index in [0.717, 1.165) is 18.2 Å². The van der Waals surface area contributed by atoms with Crippen LogP contribution in [0.3, 0.4) is 0 Å². The summed E-state index contributed by atoms with van der Waals surface area (Å²) in [6.07, 6.45) is -30.1. The van der Waals surface area contributed by atoms with Gasteiger partial charge >= 0.3 is 11.7 Å². The third-order valence-corrected chi connectivity index (χ3v) is 20.4. The molecule has 5 aromatic rings. The van der Waals surface area contributed by atoms with Gasteiger partial charge in [-0.2, -0.15) is 21.8 Å². The van der Waals surface area contributed by atoms with Crippen LogP contribution < -0.4 is 37.8 Å². The fourth-order valence-electron chi connectivity index (χ4n) is 12.9. The number of nitrogens with zero attached hydrogens (tertiary/aromatic N) is 1. The van der Waals surface area contributed by atoms with E-state index in [-0.39, 0.29) is 77.3 Å². The average Bonchev–Trinajstić information content (AvgIpc) is 0.764. The number of aliphatic hydroxyl groups is 11. The van der Waals surface area contributed by atoms with Crippen molar-refractivity contribution in [3.63, 3.8) is 0 Å². The Balaban J connectivity index is 0.803. The Morgan fingerprint density at radius 2 is 1.38 bits per heavy atom. The van der Waals surface area contributed by atoms with E-state index < -0.39 is 231 Å². The third-order valence-electron chi connectivity index (χ3n) is 18.7. The van der Waals surface area contributed by atoms with Gasteiger partial charge in [0.2, 0.25) is 0 Å². The quantitative estimate of drug-likeness (QED) is 0.0107. The predicted octanol–water partition coefficient (Wildman–Crippen LogP) is -3.34. The van der Waals surface area contributed by atoms with Crippen LogP contribution in [0.2, 0.25) is 0 Å². The maximum absolute atomic E-state index is 14.2. The minimum absolute atomic E-state index is 0.0753. The number of fused-ring (bicyclic) bond motifs is 1. The molecule has 18 unspecified atom stereocenters. The van der Waals surface area contributed by atoms with E-state index in [1.165, 1.54) is 56.3 Å². The van der Waals surface area contributed by atoms with Crippen LogP contribution >= 0.6 is 0 Å². The first-order valence-electron chi connectivity index (χ1n) is 34.0. The number of amides is 2. The van der Waals surface area contributed by atoms with E-state index in [1.54, 1.807) is 0 Å². The number of carbonyl (C=O) groups excluding carboxylic acids is 3. The summed E-state index contributed by atoms with van der Waals surface area (Å²) in [5.41, 5.74) is -3.55. The van der Waals surface area contributed by atoms with Crippen molar-refractivity contribution in [3.05, 3.63) is 109 Å². The molecular formula is C66H86N6O33S2. The van der Waals surface area contributed by atoms with Crippen molar-refractivity contribution in [2.45, 2.75) is 204 Å². The Morgan fingerprint density at radius 1 is 0.720 bits per heavy atom.